The molecule has 1 rings (SSSR count). The van der Waals surface area contributed by atoms with Crippen molar-refractivity contribution in [2.24, 2.45) is 5.73 Å². The lowest BCUT2D eigenvalue weighted by molar-refractivity contribution is -0.141. The molecule has 62 valence electrons. The molecule has 11 heavy (non-hydrogen) atoms. The minimum absolute atomic E-state index is 0.0880. The summed E-state index contributed by atoms with van der Waals surface area (Å²) in [5, 5.41) is 8.34. The van der Waals surface area contributed by atoms with Gasteiger partial charge in [0.25, 0.3) is 0 Å². The molecule has 0 radical (unpaired) electrons. The van der Waals surface area contributed by atoms with Crippen molar-refractivity contribution in [2.75, 3.05) is 13.1 Å². The van der Waals surface area contributed by atoms with Crippen LogP contribution in [0.3, 0.4) is 0 Å². The van der Waals surface area contributed by atoms with Crippen molar-refractivity contribution in [3.63, 3.8) is 0 Å². The van der Waals surface area contributed by atoms with Gasteiger partial charge in [0, 0.05) is 13.1 Å². The van der Waals surface area contributed by atoms with Crippen molar-refractivity contribution in [3.8, 4) is 0 Å². The van der Waals surface area contributed by atoms with E-state index in [1.807, 2.05) is 0 Å². The fourth-order valence-corrected chi connectivity index (χ4v) is 0.704. The number of carboxylic acids is 1. The van der Waals surface area contributed by atoms with E-state index in [-0.39, 0.29) is 12.3 Å². The van der Waals surface area contributed by atoms with E-state index in [0.29, 0.717) is 0 Å². The second kappa shape index (κ2) is 2.87. The molecule has 1 amide bonds. The predicted molar refractivity (Wildman–Crippen MR) is 36.8 cm³/mol. The highest BCUT2D eigenvalue weighted by Gasteiger charge is 2.27. The Balaban J connectivity index is 2.28. The quantitative estimate of drug-likeness (QED) is 0.496. The maximum atomic E-state index is 10.9. The number of nitrogens with two attached hydrogens (primary N) is 1. The van der Waals surface area contributed by atoms with Crippen molar-refractivity contribution < 1.29 is 14.7 Å². The first-order valence-electron chi connectivity index (χ1n) is 3.37. The molecule has 0 aromatic heterocycles. The summed E-state index contributed by atoms with van der Waals surface area (Å²) in [5.41, 5.74) is 5.14. The first-order chi connectivity index (χ1) is 5.11. The van der Waals surface area contributed by atoms with Crippen molar-refractivity contribution >= 4 is 11.9 Å². The van der Waals surface area contributed by atoms with Gasteiger partial charge in [-0.2, -0.15) is 0 Å². The highest BCUT2D eigenvalue weighted by atomic mass is 16.4. The smallest absolute Gasteiger partial charge is 0.321 e. The Labute approximate surface area is 63.8 Å². The molecule has 1 aliphatic rings. The molecule has 1 saturated heterocycles. The maximum Gasteiger partial charge on any atom is 0.321 e. The Morgan fingerprint density at radius 1 is 1.55 bits per heavy atom. The minimum atomic E-state index is -1.12. The van der Waals surface area contributed by atoms with Crippen LogP contribution >= 0.6 is 0 Å². The van der Waals surface area contributed by atoms with Gasteiger partial charge in [0.15, 0.2) is 0 Å². The molecule has 5 heteroatoms. The molecule has 1 fully saturated rings. The van der Waals surface area contributed by atoms with E-state index >= 15 is 0 Å². The molecular weight excluding hydrogens is 148 g/mol. The van der Waals surface area contributed by atoms with Gasteiger partial charge in [0.05, 0.1) is 6.42 Å². The summed E-state index contributed by atoms with van der Waals surface area (Å²) >= 11 is 0. The maximum absolute atomic E-state index is 10.9. The van der Waals surface area contributed by atoms with Crippen LogP contribution in [-0.4, -0.2) is 41.0 Å². The lowest BCUT2D eigenvalue weighted by Crippen LogP contribution is -2.34. The number of amides is 1. The summed E-state index contributed by atoms with van der Waals surface area (Å²) in [6.07, 6.45) is -0.0880. The Morgan fingerprint density at radius 2 is 2.09 bits per heavy atom. The monoisotopic (exact) mass is 158 g/mol. The molecule has 1 heterocycles. The number of aliphatic carboxylic acids is 1. The number of hydrogen-bond donors (Lipinski definition) is 2. The normalized spacial score (nSPS) is 17.7. The molecule has 1 atom stereocenters. The Morgan fingerprint density at radius 3 is 2.45 bits per heavy atom. The average molecular weight is 158 g/mol. The molecular formula is C6H10N2O3. The molecule has 1 aliphatic heterocycles. The summed E-state index contributed by atoms with van der Waals surface area (Å²) in [6.45, 7) is 1.48. The van der Waals surface area contributed by atoms with Crippen LogP contribution in [0.5, 0.6) is 0 Å². The fourth-order valence-electron chi connectivity index (χ4n) is 0.704. The standard InChI is InChI=1S/C6H10N2O3/c7-4(6(10)11)3-5(9)8-1-2-8/h4H,1-3,7H2,(H,10,11). The van der Waals surface area contributed by atoms with Crippen LogP contribution in [0, 0.1) is 0 Å². The molecule has 3 N–H and O–H groups in total. The van der Waals surface area contributed by atoms with Crippen molar-refractivity contribution in [1.82, 2.24) is 4.90 Å². The van der Waals surface area contributed by atoms with Gasteiger partial charge in [-0.3, -0.25) is 9.59 Å². The lowest BCUT2D eigenvalue weighted by Gasteiger charge is -2.04. The van der Waals surface area contributed by atoms with Gasteiger partial charge in [-0.05, 0) is 0 Å². The molecule has 0 saturated carbocycles. The van der Waals surface area contributed by atoms with Crippen LogP contribution in [0.4, 0.5) is 0 Å². The molecule has 0 bridgehead atoms. The van der Waals surface area contributed by atoms with E-state index < -0.39 is 12.0 Å². The van der Waals surface area contributed by atoms with Gasteiger partial charge in [0.2, 0.25) is 5.91 Å². The van der Waals surface area contributed by atoms with Gasteiger partial charge in [-0.25, -0.2) is 0 Å². The average Bonchev–Trinajstić information content (AvgIpc) is 2.67. The predicted octanol–water partition coefficient (Wildman–Crippen LogP) is -1.37. The van der Waals surface area contributed by atoms with Crippen LogP contribution in [0.25, 0.3) is 0 Å². The zero-order chi connectivity index (χ0) is 8.43. The third-order valence-electron chi connectivity index (χ3n) is 1.51. The van der Waals surface area contributed by atoms with Crippen LogP contribution in [-0.2, 0) is 9.59 Å². The molecule has 0 aromatic carbocycles. The van der Waals surface area contributed by atoms with E-state index in [1.54, 1.807) is 4.90 Å². The number of carbonyl (C=O) groups excluding carboxylic acids is 1. The van der Waals surface area contributed by atoms with Gasteiger partial charge in [-0.1, -0.05) is 0 Å². The summed E-state index contributed by atoms with van der Waals surface area (Å²) < 4.78 is 0. The molecule has 0 aromatic rings. The Hall–Kier alpha value is -1.10. The number of hydrogen-bond acceptors (Lipinski definition) is 3. The second-order valence-corrected chi connectivity index (χ2v) is 2.53. The fraction of sp³-hybridized carbons (Fsp3) is 0.667. The first kappa shape index (κ1) is 8.00. The number of carboxylic acid groups (broad SMARTS) is 1. The first-order valence-corrected chi connectivity index (χ1v) is 3.37. The van der Waals surface area contributed by atoms with Crippen LogP contribution in [0.15, 0.2) is 0 Å². The molecule has 0 spiro atoms. The highest BCUT2D eigenvalue weighted by Crippen LogP contribution is 2.06. The van der Waals surface area contributed by atoms with Crippen LogP contribution in [0.1, 0.15) is 6.42 Å². The minimum Gasteiger partial charge on any atom is -0.480 e. The van der Waals surface area contributed by atoms with Gasteiger partial charge >= 0.3 is 5.97 Å². The number of carbonyl (C=O) groups is 2. The second-order valence-electron chi connectivity index (χ2n) is 2.53. The number of nitrogens with zero attached hydrogens (tertiary/aromatic N) is 1. The Bertz CT molecular complexity index is 188. The van der Waals surface area contributed by atoms with Gasteiger partial charge in [-0.15, -0.1) is 0 Å². The van der Waals surface area contributed by atoms with E-state index in [4.69, 9.17) is 10.8 Å². The SMILES string of the molecule is NC(CC(=O)N1CC1)C(=O)O. The zero-order valence-corrected chi connectivity index (χ0v) is 5.99. The molecule has 5 nitrogen and oxygen atoms in total. The van der Waals surface area contributed by atoms with E-state index in [1.165, 1.54) is 0 Å². The third-order valence-corrected chi connectivity index (χ3v) is 1.51. The summed E-state index contributed by atoms with van der Waals surface area (Å²) in [4.78, 5) is 22.6. The van der Waals surface area contributed by atoms with Crippen molar-refractivity contribution in [2.45, 2.75) is 12.5 Å². The van der Waals surface area contributed by atoms with Crippen LogP contribution in [0.2, 0.25) is 0 Å². The zero-order valence-electron chi connectivity index (χ0n) is 5.99. The number of rotatable bonds is 3. The van der Waals surface area contributed by atoms with Crippen LogP contribution < -0.4 is 5.73 Å². The third kappa shape index (κ3) is 2.19. The Kier molecular flexibility index (Phi) is 2.09. The van der Waals surface area contributed by atoms with E-state index in [2.05, 4.69) is 0 Å². The highest BCUT2D eigenvalue weighted by molar-refractivity contribution is 5.85. The van der Waals surface area contributed by atoms with Gasteiger partial charge in [0.1, 0.15) is 6.04 Å². The summed E-state index contributed by atoms with van der Waals surface area (Å²) in [6, 6.07) is -1.05. The molecule has 0 aliphatic carbocycles. The van der Waals surface area contributed by atoms with Gasteiger partial charge < -0.3 is 15.7 Å². The van der Waals surface area contributed by atoms with Crippen molar-refractivity contribution in [1.29, 1.82) is 0 Å². The summed E-state index contributed by atoms with van der Waals surface area (Å²) in [7, 11) is 0. The van der Waals surface area contributed by atoms with Crippen molar-refractivity contribution in [3.05, 3.63) is 0 Å². The van der Waals surface area contributed by atoms with E-state index in [0.717, 1.165) is 13.1 Å². The summed E-state index contributed by atoms with van der Waals surface area (Å²) in [5.74, 6) is -1.29. The lowest BCUT2D eigenvalue weighted by atomic mass is 10.2. The molecule has 1 unspecified atom stereocenters. The van der Waals surface area contributed by atoms with E-state index in [9.17, 15) is 9.59 Å². The topological polar surface area (TPSA) is 83.4 Å². The largest absolute Gasteiger partial charge is 0.480 e.